The van der Waals surface area contributed by atoms with Gasteiger partial charge in [0.2, 0.25) is 0 Å². The molecule has 2 heteroatoms. The Kier molecular flexibility index (Phi) is 11.6. The zero-order chi connectivity index (χ0) is 12.1. The van der Waals surface area contributed by atoms with Gasteiger partial charge in [-0.15, -0.1) is 0 Å². The zero-order valence-electron chi connectivity index (χ0n) is 10.4. The second kappa shape index (κ2) is 12.2. The van der Waals surface area contributed by atoms with E-state index in [2.05, 4.69) is 37.3 Å². The van der Waals surface area contributed by atoms with Crippen LogP contribution in [0.15, 0.2) is 30.3 Å². The molecule has 0 aromatic heterocycles. The number of aryl methyl sites for hydroxylation is 1. The molecule has 0 atom stereocenters. The normalized spacial score (nSPS) is 9.44. The number of aliphatic hydroxyl groups is 1. The van der Waals surface area contributed by atoms with Crippen LogP contribution in [0.1, 0.15) is 38.2 Å². The van der Waals surface area contributed by atoms with Crippen molar-refractivity contribution in [1.82, 2.24) is 0 Å². The average Bonchev–Trinajstić information content (AvgIpc) is 2.33. The first-order valence-electron chi connectivity index (χ1n) is 6.20. The minimum atomic E-state index is 0.219. The Morgan fingerprint density at radius 1 is 1.06 bits per heavy atom. The van der Waals surface area contributed by atoms with Crippen LogP contribution in [0.25, 0.3) is 0 Å². The van der Waals surface area contributed by atoms with E-state index in [1.807, 2.05) is 0 Å². The minimum Gasteiger partial charge on any atom is -0.396 e. The van der Waals surface area contributed by atoms with Crippen LogP contribution in [0.2, 0.25) is 0 Å². The highest BCUT2D eigenvalue weighted by Gasteiger charge is 1.89. The largest absolute Gasteiger partial charge is 0.396 e. The number of rotatable bonds is 6. The van der Waals surface area contributed by atoms with Crippen molar-refractivity contribution >= 4 is 0 Å². The molecule has 0 bridgehead atoms. The molecule has 3 N–H and O–H groups in total. The lowest BCUT2D eigenvalue weighted by atomic mass is 10.1. The molecular weight excluding hydrogens is 198 g/mol. The van der Waals surface area contributed by atoms with Crippen molar-refractivity contribution in [3.63, 3.8) is 0 Å². The molecule has 2 nitrogen and oxygen atoms in total. The summed E-state index contributed by atoms with van der Waals surface area (Å²) in [6, 6.07) is 10.7. The Bertz CT molecular complexity index is 221. The van der Waals surface area contributed by atoms with Gasteiger partial charge in [0.1, 0.15) is 0 Å². The van der Waals surface area contributed by atoms with Crippen LogP contribution < -0.4 is 5.73 Å². The van der Waals surface area contributed by atoms with Crippen molar-refractivity contribution in [2.24, 2.45) is 5.73 Å². The van der Waals surface area contributed by atoms with Gasteiger partial charge in [-0.25, -0.2) is 0 Å². The third-order valence-electron chi connectivity index (χ3n) is 2.27. The van der Waals surface area contributed by atoms with Crippen molar-refractivity contribution in [2.75, 3.05) is 13.2 Å². The van der Waals surface area contributed by atoms with Crippen molar-refractivity contribution in [1.29, 1.82) is 0 Å². The Balaban J connectivity index is 0.000000385. The molecule has 0 radical (unpaired) electrons. The molecule has 0 spiro atoms. The molecule has 1 rings (SSSR count). The molecule has 0 aliphatic rings. The molecule has 0 saturated heterocycles. The van der Waals surface area contributed by atoms with Crippen LogP contribution in [0, 0.1) is 0 Å². The SMILES string of the molecule is CCCCCc1ccccc1.NCCCO. The number of nitrogens with two attached hydrogens (primary N) is 1. The fraction of sp³-hybridized carbons (Fsp3) is 0.571. The molecule has 1 aromatic rings. The van der Waals surface area contributed by atoms with Gasteiger partial charge in [-0.1, -0.05) is 50.1 Å². The fourth-order valence-corrected chi connectivity index (χ4v) is 1.32. The smallest absolute Gasteiger partial charge is 0.0443 e. The molecule has 92 valence electrons. The Hall–Kier alpha value is -0.860. The van der Waals surface area contributed by atoms with Gasteiger partial charge in [-0.05, 0) is 31.4 Å². The fourth-order valence-electron chi connectivity index (χ4n) is 1.32. The Morgan fingerprint density at radius 3 is 2.19 bits per heavy atom. The first-order valence-corrected chi connectivity index (χ1v) is 6.20. The maximum atomic E-state index is 7.99. The third kappa shape index (κ3) is 9.69. The summed E-state index contributed by atoms with van der Waals surface area (Å²) in [4.78, 5) is 0. The number of aliphatic hydroxyl groups excluding tert-OH is 1. The lowest BCUT2D eigenvalue weighted by Crippen LogP contribution is -1.99. The van der Waals surface area contributed by atoms with Crippen molar-refractivity contribution in [2.45, 2.75) is 39.0 Å². The quantitative estimate of drug-likeness (QED) is 0.728. The molecule has 16 heavy (non-hydrogen) atoms. The van der Waals surface area contributed by atoms with Crippen LogP contribution in [-0.4, -0.2) is 18.3 Å². The van der Waals surface area contributed by atoms with E-state index < -0.39 is 0 Å². The lowest BCUT2D eigenvalue weighted by Gasteiger charge is -1.98. The van der Waals surface area contributed by atoms with Crippen LogP contribution in [0.5, 0.6) is 0 Å². The van der Waals surface area contributed by atoms with Crippen LogP contribution in [-0.2, 0) is 6.42 Å². The maximum Gasteiger partial charge on any atom is 0.0443 e. The third-order valence-corrected chi connectivity index (χ3v) is 2.27. The summed E-state index contributed by atoms with van der Waals surface area (Å²) in [7, 11) is 0. The zero-order valence-corrected chi connectivity index (χ0v) is 10.4. The summed E-state index contributed by atoms with van der Waals surface area (Å²) >= 11 is 0. The number of hydrogen-bond donors (Lipinski definition) is 2. The van der Waals surface area contributed by atoms with E-state index in [0.29, 0.717) is 6.54 Å². The van der Waals surface area contributed by atoms with Crippen molar-refractivity contribution < 1.29 is 5.11 Å². The molecule has 0 saturated carbocycles. The molecule has 1 aromatic carbocycles. The Labute approximate surface area is 99.5 Å². The van der Waals surface area contributed by atoms with Crippen LogP contribution >= 0.6 is 0 Å². The number of unbranched alkanes of at least 4 members (excludes halogenated alkanes) is 2. The summed E-state index contributed by atoms with van der Waals surface area (Å²) in [5, 5.41) is 7.99. The van der Waals surface area contributed by atoms with Gasteiger partial charge < -0.3 is 10.8 Å². The Morgan fingerprint density at radius 2 is 1.75 bits per heavy atom. The van der Waals surface area contributed by atoms with E-state index in [1.54, 1.807) is 0 Å². The van der Waals surface area contributed by atoms with E-state index in [4.69, 9.17) is 10.8 Å². The average molecular weight is 223 g/mol. The second-order valence-corrected chi connectivity index (χ2v) is 3.81. The first kappa shape index (κ1) is 15.1. The molecule has 0 aliphatic heterocycles. The summed E-state index contributed by atoms with van der Waals surface area (Å²) in [6.07, 6.45) is 5.97. The lowest BCUT2D eigenvalue weighted by molar-refractivity contribution is 0.291. The van der Waals surface area contributed by atoms with Crippen LogP contribution in [0.4, 0.5) is 0 Å². The molecule has 0 aliphatic carbocycles. The summed E-state index contributed by atoms with van der Waals surface area (Å²) in [5.41, 5.74) is 6.45. The predicted molar refractivity (Wildman–Crippen MR) is 70.4 cm³/mol. The first-order chi connectivity index (χ1) is 7.85. The number of benzene rings is 1. The summed E-state index contributed by atoms with van der Waals surface area (Å²) in [5.74, 6) is 0. The maximum absolute atomic E-state index is 7.99. The second-order valence-electron chi connectivity index (χ2n) is 3.81. The van der Waals surface area contributed by atoms with E-state index in [9.17, 15) is 0 Å². The van der Waals surface area contributed by atoms with Crippen molar-refractivity contribution in [3.8, 4) is 0 Å². The standard InChI is InChI=1S/C11H16.C3H9NO/c1-2-3-5-8-11-9-6-4-7-10-11;4-2-1-3-5/h4,6-7,9-10H,2-3,5,8H2,1H3;5H,1-4H2. The van der Waals surface area contributed by atoms with Gasteiger partial charge in [-0.3, -0.25) is 0 Å². The molecular formula is C14H25NO. The molecule has 0 unspecified atom stereocenters. The van der Waals surface area contributed by atoms with E-state index >= 15 is 0 Å². The number of hydrogen-bond acceptors (Lipinski definition) is 2. The van der Waals surface area contributed by atoms with E-state index in [-0.39, 0.29) is 6.61 Å². The van der Waals surface area contributed by atoms with Gasteiger partial charge >= 0.3 is 0 Å². The van der Waals surface area contributed by atoms with Gasteiger partial charge in [0.05, 0.1) is 0 Å². The van der Waals surface area contributed by atoms with Gasteiger partial charge in [0, 0.05) is 6.61 Å². The highest BCUT2D eigenvalue weighted by atomic mass is 16.2. The van der Waals surface area contributed by atoms with Crippen molar-refractivity contribution in [3.05, 3.63) is 35.9 Å². The van der Waals surface area contributed by atoms with Crippen LogP contribution in [0.3, 0.4) is 0 Å². The molecule has 0 amide bonds. The predicted octanol–water partition coefficient (Wildman–Crippen LogP) is 2.75. The van der Waals surface area contributed by atoms with E-state index in [1.165, 1.54) is 31.2 Å². The molecule has 0 heterocycles. The van der Waals surface area contributed by atoms with Gasteiger partial charge in [0.25, 0.3) is 0 Å². The summed E-state index contributed by atoms with van der Waals surface area (Å²) < 4.78 is 0. The topological polar surface area (TPSA) is 46.2 Å². The highest BCUT2D eigenvalue weighted by molar-refractivity contribution is 5.14. The van der Waals surface area contributed by atoms with Gasteiger partial charge in [-0.2, -0.15) is 0 Å². The minimum absolute atomic E-state index is 0.219. The monoisotopic (exact) mass is 223 g/mol. The highest BCUT2D eigenvalue weighted by Crippen LogP contribution is 2.05. The summed E-state index contributed by atoms with van der Waals surface area (Å²) in [6.45, 7) is 3.05. The van der Waals surface area contributed by atoms with Gasteiger partial charge in [0.15, 0.2) is 0 Å². The van der Waals surface area contributed by atoms with E-state index in [0.717, 1.165) is 6.42 Å². The molecule has 0 fully saturated rings.